The third-order valence-corrected chi connectivity index (χ3v) is 9.80. The molecule has 43 heavy (non-hydrogen) atoms. The van der Waals surface area contributed by atoms with Crippen LogP contribution < -0.4 is 0 Å². The van der Waals surface area contributed by atoms with E-state index >= 15 is 0 Å². The molecule has 4 aliphatic rings. The first-order chi connectivity index (χ1) is 21.2. The topological polar surface area (TPSA) is 57.1 Å². The second kappa shape index (κ2) is 16.7. The average Bonchev–Trinajstić information content (AvgIpc) is 3.04. The summed E-state index contributed by atoms with van der Waals surface area (Å²) in [6.07, 6.45) is 25.0. The average molecular weight is 588 g/mol. The van der Waals surface area contributed by atoms with Crippen molar-refractivity contribution in [2.45, 2.75) is 128 Å². The van der Waals surface area contributed by atoms with Crippen LogP contribution in [0.3, 0.4) is 0 Å². The number of carbonyl (C=O) groups is 1. The first-order valence-corrected chi connectivity index (χ1v) is 17.3. The molecule has 3 fully saturated rings. The Morgan fingerprint density at radius 1 is 0.767 bits per heavy atom. The number of unbranched alkanes of at least 4 members (excludes halogenated alkanes) is 6. The van der Waals surface area contributed by atoms with Crippen molar-refractivity contribution in [2.24, 2.45) is 16.8 Å². The predicted octanol–water partition coefficient (Wildman–Crippen LogP) is 8.99. The summed E-state index contributed by atoms with van der Waals surface area (Å²) in [4.78, 5) is 17.9. The molecule has 1 heterocycles. The number of hydrogen-bond donors (Lipinski definition) is 0. The van der Waals surface area contributed by atoms with Crippen LogP contribution in [0.2, 0.25) is 0 Å². The Labute approximate surface area is 259 Å². The Morgan fingerprint density at radius 2 is 1.35 bits per heavy atom. The lowest BCUT2D eigenvalue weighted by molar-refractivity contribution is -0.155. The van der Waals surface area contributed by atoms with Crippen LogP contribution >= 0.6 is 0 Å². The molecule has 1 aliphatic heterocycles. The maximum absolute atomic E-state index is 13.2. The van der Waals surface area contributed by atoms with Crippen molar-refractivity contribution in [2.75, 3.05) is 13.2 Å². The molecule has 1 amide bonds. The van der Waals surface area contributed by atoms with Gasteiger partial charge in [-0.25, -0.2) is 4.99 Å². The first kappa shape index (κ1) is 32.1. The molecule has 234 valence electrons. The van der Waals surface area contributed by atoms with Crippen LogP contribution in [0, 0.1) is 11.8 Å². The van der Waals surface area contributed by atoms with Gasteiger partial charge in [0, 0.05) is 49.0 Å². The summed E-state index contributed by atoms with van der Waals surface area (Å²) >= 11 is 0. The molecule has 0 N–H and O–H groups in total. The molecule has 5 rings (SSSR count). The van der Waals surface area contributed by atoms with Crippen molar-refractivity contribution in [1.82, 2.24) is 0 Å². The van der Waals surface area contributed by atoms with E-state index in [1.807, 2.05) is 42.5 Å². The van der Waals surface area contributed by atoms with E-state index in [4.69, 9.17) is 14.2 Å². The van der Waals surface area contributed by atoms with Crippen LogP contribution in [0.5, 0.6) is 0 Å². The van der Waals surface area contributed by atoms with Crippen LogP contribution in [0.25, 0.3) is 0 Å². The third-order valence-electron chi connectivity index (χ3n) is 9.80. The fourth-order valence-corrected chi connectivity index (χ4v) is 7.53. The van der Waals surface area contributed by atoms with Crippen LogP contribution in [0.1, 0.15) is 114 Å². The van der Waals surface area contributed by atoms with Gasteiger partial charge in [0.15, 0.2) is 0 Å². The molecule has 0 aromatic heterocycles. The second-order valence-corrected chi connectivity index (χ2v) is 12.9. The quantitative estimate of drug-likeness (QED) is 0.216. The molecule has 5 nitrogen and oxygen atoms in total. The molecule has 1 aromatic carbocycles. The number of aliphatic imine (C=N–C) groups is 1. The van der Waals surface area contributed by atoms with E-state index in [1.165, 1.54) is 44.1 Å². The highest BCUT2D eigenvalue weighted by molar-refractivity contribution is 6.18. The maximum atomic E-state index is 13.2. The number of ether oxygens (including phenoxy) is 3. The molecule has 6 unspecified atom stereocenters. The van der Waals surface area contributed by atoms with E-state index in [-0.39, 0.29) is 30.3 Å². The fraction of sp³-hybridized carbons (Fsp3) is 0.632. The standard InChI is InChI=1S/C38H53NO4/c1-3-5-7-14-24-41-29-20-22-32-35(26-29)43-36-27-30(42-25-15-8-6-4-2)21-23-33(36)37(32)31-18-12-13-19-34(31)39-38(40)28-16-10-9-11-17-28/h9-13,16-19,29-30,32-33,35-36H,3-8,14-15,20-27H2,1-2H3. The Balaban J connectivity index is 1.37. The summed E-state index contributed by atoms with van der Waals surface area (Å²) < 4.78 is 19.8. The Morgan fingerprint density at radius 3 is 1.93 bits per heavy atom. The Kier molecular flexibility index (Phi) is 12.4. The molecule has 3 aliphatic carbocycles. The zero-order valence-electron chi connectivity index (χ0n) is 26.6. The van der Waals surface area contributed by atoms with Gasteiger partial charge < -0.3 is 14.2 Å². The number of nitrogens with zero attached hydrogens (tertiary/aromatic N) is 1. The molecule has 0 bridgehead atoms. The number of amides is 1. The highest BCUT2D eigenvalue weighted by atomic mass is 16.5. The van der Waals surface area contributed by atoms with Crippen LogP contribution in [0.15, 0.2) is 70.8 Å². The second-order valence-electron chi connectivity index (χ2n) is 12.9. The Bertz CT molecular complexity index is 1110. The molecule has 2 saturated carbocycles. The summed E-state index contributed by atoms with van der Waals surface area (Å²) in [5.74, 6) is 0.473. The minimum atomic E-state index is -0.186. The number of benzene rings is 1. The van der Waals surface area contributed by atoms with Crippen molar-refractivity contribution in [3.63, 3.8) is 0 Å². The first-order valence-electron chi connectivity index (χ1n) is 17.3. The minimum absolute atomic E-state index is 0.131. The van der Waals surface area contributed by atoms with E-state index in [0.29, 0.717) is 17.4 Å². The SMILES string of the molecule is CCCCCCOC1CCC2C(=C3C=CC=CC3=NC(=O)c3ccccc3)C3CCC(OCCCCCC)CC3OC2C1. The maximum Gasteiger partial charge on any atom is 0.277 e. The number of fused-ring (bicyclic) bond motifs is 2. The van der Waals surface area contributed by atoms with E-state index < -0.39 is 0 Å². The fourth-order valence-electron chi connectivity index (χ4n) is 7.53. The highest BCUT2D eigenvalue weighted by Gasteiger charge is 2.48. The molecular weight excluding hydrogens is 534 g/mol. The van der Waals surface area contributed by atoms with Crippen LogP contribution in [-0.4, -0.2) is 49.2 Å². The van der Waals surface area contributed by atoms with Crippen molar-refractivity contribution < 1.29 is 19.0 Å². The van der Waals surface area contributed by atoms with Gasteiger partial charge in [-0.2, -0.15) is 0 Å². The lowest BCUT2D eigenvalue weighted by Gasteiger charge is -2.51. The monoisotopic (exact) mass is 587 g/mol. The van der Waals surface area contributed by atoms with Crippen LogP contribution in [0.4, 0.5) is 0 Å². The zero-order chi connectivity index (χ0) is 29.9. The summed E-state index contributed by atoms with van der Waals surface area (Å²) in [7, 11) is 0. The highest BCUT2D eigenvalue weighted by Crippen LogP contribution is 2.49. The van der Waals surface area contributed by atoms with Gasteiger partial charge >= 0.3 is 0 Å². The van der Waals surface area contributed by atoms with E-state index in [0.717, 1.165) is 75.9 Å². The van der Waals surface area contributed by atoms with Gasteiger partial charge in [0.05, 0.1) is 30.1 Å². The van der Waals surface area contributed by atoms with Gasteiger partial charge in [0.1, 0.15) is 0 Å². The lowest BCUT2D eigenvalue weighted by Crippen LogP contribution is -2.51. The molecule has 5 heteroatoms. The van der Waals surface area contributed by atoms with Gasteiger partial charge in [-0.05, 0) is 62.3 Å². The van der Waals surface area contributed by atoms with Gasteiger partial charge in [-0.1, -0.05) is 88.8 Å². The summed E-state index contributed by atoms with van der Waals surface area (Å²) in [6.45, 7) is 6.20. The number of rotatable bonds is 13. The third kappa shape index (κ3) is 8.65. The van der Waals surface area contributed by atoms with E-state index in [9.17, 15) is 4.79 Å². The number of allylic oxidation sites excluding steroid dienone is 5. The zero-order valence-corrected chi connectivity index (χ0v) is 26.6. The predicted molar refractivity (Wildman–Crippen MR) is 175 cm³/mol. The summed E-state index contributed by atoms with van der Waals surface area (Å²) in [5, 5.41) is 0. The van der Waals surface area contributed by atoms with Gasteiger partial charge in [-0.15, -0.1) is 0 Å². The van der Waals surface area contributed by atoms with Gasteiger partial charge in [0.2, 0.25) is 0 Å². The minimum Gasteiger partial charge on any atom is -0.378 e. The summed E-state index contributed by atoms with van der Waals surface area (Å²) in [6, 6.07) is 9.40. The lowest BCUT2D eigenvalue weighted by atomic mass is 9.66. The number of hydrogen-bond acceptors (Lipinski definition) is 4. The van der Waals surface area contributed by atoms with E-state index in [1.54, 1.807) is 0 Å². The summed E-state index contributed by atoms with van der Waals surface area (Å²) in [5.41, 5.74) is 4.01. The van der Waals surface area contributed by atoms with Crippen molar-refractivity contribution in [3.8, 4) is 0 Å². The molecular formula is C38H53NO4. The van der Waals surface area contributed by atoms with Gasteiger partial charge in [-0.3, -0.25) is 4.79 Å². The normalized spacial score (nSPS) is 29.5. The molecule has 0 spiro atoms. The van der Waals surface area contributed by atoms with Crippen molar-refractivity contribution in [1.29, 1.82) is 0 Å². The van der Waals surface area contributed by atoms with E-state index in [2.05, 4.69) is 31.0 Å². The molecule has 1 saturated heterocycles. The Hall–Kier alpha value is -2.34. The molecule has 0 radical (unpaired) electrons. The van der Waals surface area contributed by atoms with Gasteiger partial charge in [0.25, 0.3) is 5.91 Å². The van der Waals surface area contributed by atoms with Crippen molar-refractivity contribution >= 4 is 11.6 Å². The molecule has 6 atom stereocenters. The largest absolute Gasteiger partial charge is 0.378 e. The number of carbonyl (C=O) groups excluding carboxylic acids is 1. The molecule has 1 aromatic rings. The van der Waals surface area contributed by atoms with Crippen LogP contribution in [-0.2, 0) is 14.2 Å². The van der Waals surface area contributed by atoms with Crippen molar-refractivity contribution in [3.05, 3.63) is 71.3 Å². The smallest absolute Gasteiger partial charge is 0.277 e.